The van der Waals surface area contributed by atoms with Crippen LogP contribution in [0.25, 0.3) is 0 Å². The molecule has 0 radical (unpaired) electrons. The first-order valence-corrected chi connectivity index (χ1v) is 3.74. The summed E-state index contributed by atoms with van der Waals surface area (Å²) in [7, 11) is 0. The second-order valence-electron chi connectivity index (χ2n) is 2.67. The van der Waals surface area contributed by atoms with Crippen LogP contribution in [0, 0.1) is 25.7 Å². The Labute approximate surface area is 68.3 Å². The molecule has 1 rings (SSSR count). The lowest BCUT2D eigenvalue weighted by atomic mass is 10.1. The van der Waals surface area contributed by atoms with Gasteiger partial charge in [0.15, 0.2) is 0 Å². The van der Waals surface area contributed by atoms with E-state index >= 15 is 0 Å². The first kappa shape index (κ1) is 7.88. The van der Waals surface area contributed by atoms with Crippen LogP contribution in [0.1, 0.15) is 23.6 Å². The summed E-state index contributed by atoms with van der Waals surface area (Å²) in [4.78, 5) is 0. The fourth-order valence-electron chi connectivity index (χ4n) is 0.964. The normalized spacial score (nSPS) is 8.64. The summed E-state index contributed by atoms with van der Waals surface area (Å²) >= 11 is 0. The zero-order chi connectivity index (χ0) is 8.27. The molecule has 0 N–H and O–H groups in total. The van der Waals surface area contributed by atoms with Crippen molar-refractivity contribution in [2.75, 3.05) is 0 Å². The largest absolute Gasteiger partial charge is 0.101 e. The third-order valence-corrected chi connectivity index (χ3v) is 1.78. The number of benzene rings is 1. The summed E-state index contributed by atoms with van der Waals surface area (Å²) in [5, 5.41) is 0. The highest BCUT2D eigenvalue weighted by Gasteiger charge is 1.91. The highest BCUT2D eigenvalue weighted by Crippen LogP contribution is 2.08. The Bertz CT molecular complexity index is 311. The van der Waals surface area contributed by atoms with E-state index in [0.29, 0.717) is 0 Å². The maximum atomic E-state index is 3.03. The van der Waals surface area contributed by atoms with Crippen LogP contribution in [-0.4, -0.2) is 0 Å². The molecule has 0 aliphatic carbocycles. The fourth-order valence-corrected chi connectivity index (χ4v) is 0.964. The maximum Gasteiger partial charge on any atom is 0.0247 e. The zero-order valence-corrected chi connectivity index (χ0v) is 7.23. The molecule has 0 amide bonds. The van der Waals surface area contributed by atoms with Crippen LogP contribution >= 0.6 is 0 Å². The lowest BCUT2D eigenvalue weighted by Crippen LogP contribution is -1.81. The van der Waals surface area contributed by atoms with Crippen molar-refractivity contribution in [2.24, 2.45) is 0 Å². The molecule has 11 heavy (non-hydrogen) atoms. The Morgan fingerprint density at radius 2 is 1.82 bits per heavy atom. The standard InChI is InChI=1S/C11H12/c1-4-5-11-7-6-9(2)10(3)8-11/h6-8H,1-3H3. The van der Waals surface area contributed by atoms with Crippen molar-refractivity contribution in [3.05, 3.63) is 34.9 Å². The summed E-state index contributed by atoms with van der Waals surface area (Å²) in [5.74, 6) is 5.91. The minimum absolute atomic E-state index is 1.11. The lowest BCUT2D eigenvalue weighted by Gasteiger charge is -1.98. The number of hydrogen-bond donors (Lipinski definition) is 0. The molecule has 0 fully saturated rings. The minimum Gasteiger partial charge on any atom is -0.101 e. The molecular weight excluding hydrogens is 132 g/mol. The Morgan fingerprint density at radius 3 is 2.36 bits per heavy atom. The van der Waals surface area contributed by atoms with Gasteiger partial charge in [-0.15, -0.1) is 5.92 Å². The predicted molar refractivity (Wildman–Crippen MR) is 48.5 cm³/mol. The molecule has 0 heterocycles. The zero-order valence-electron chi connectivity index (χ0n) is 7.23. The van der Waals surface area contributed by atoms with Crippen molar-refractivity contribution in [2.45, 2.75) is 20.8 Å². The Balaban J connectivity index is 3.12. The van der Waals surface area contributed by atoms with Gasteiger partial charge in [0.05, 0.1) is 0 Å². The molecular formula is C11H12. The minimum atomic E-state index is 1.11. The molecule has 0 aromatic heterocycles. The van der Waals surface area contributed by atoms with Gasteiger partial charge in [0, 0.05) is 5.56 Å². The second-order valence-corrected chi connectivity index (χ2v) is 2.67. The van der Waals surface area contributed by atoms with Crippen molar-refractivity contribution in [1.82, 2.24) is 0 Å². The van der Waals surface area contributed by atoms with E-state index in [9.17, 15) is 0 Å². The molecule has 0 bridgehead atoms. The number of hydrogen-bond acceptors (Lipinski definition) is 0. The molecule has 0 aliphatic rings. The highest BCUT2D eigenvalue weighted by molar-refractivity contribution is 5.39. The molecule has 0 aliphatic heterocycles. The van der Waals surface area contributed by atoms with E-state index in [1.54, 1.807) is 0 Å². The summed E-state index contributed by atoms with van der Waals surface area (Å²) in [6, 6.07) is 6.28. The Kier molecular flexibility index (Phi) is 2.33. The van der Waals surface area contributed by atoms with Crippen LogP contribution < -0.4 is 0 Å². The van der Waals surface area contributed by atoms with Gasteiger partial charge in [0.25, 0.3) is 0 Å². The fraction of sp³-hybridized carbons (Fsp3) is 0.273. The molecule has 0 saturated heterocycles. The second kappa shape index (κ2) is 3.25. The number of aryl methyl sites for hydroxylation is 2. The topological polar surface area (TPSA) is 0 Å². The van der Waals surface area contributed by atoms with Crippen molar-refractivity contribution >= 4 is 0 Å². The molecule has 0 spiro atoms. The summed E-state index contributed by atoms with van der Waals surface area (Å²) in [6.07, 6.45) is 0. The van der Waals surface area contributed by atoms with E-state index < -0.39 is 0 Å². The molecule has 0 unspecified atom stereocenters. The van der Waals surface area contributed by atoms with E-state index in [1.807, 2.05) is 6.92 Å². The van der Waals surface area contributed by atoms with Crippen LogP contribution in [-0.2, 0) is 0 Å². The van der Waals surface area contributed by atoms with Gasteiger partial charge in [-0.1, -0.05) is 12.0 Å². The van der Waals surface area contributed by atoms with E-state index in [4.69, 9.17) is 0 Å². The third kappa shape index (κ3) is 1.85. The van der Waals surface area contributed by atoms with Gasteiger partial charge in [-0.3, -0.25) is 0 Å². The molecule has 56 valence electrons. The molecule has 0 atom stereocenters. The average Bonchev–Trinajstić information content (AvgIpc) is 1.98. The Hall–Kier alpha value is -1.22. The smallest absolute Gasteiger partial charge is 0.0247 e. The molecule has 1 aromatic carbocycles. The monoisotopic (exact) mass is 144 g/mol. The van der Waals surface area contributed by atoms with Crippen molar-refractivity contribution in [3.8, 4) is 11.8 Å². The van der Waals surface area contributed by atoms with E-state index in [1.165, 1.54) is 11.1 Å². The van der Waals surface area contributed by atoms with Gasteiger partial charge in [-0.05, 0) is 44.0 Å². The molecule has 0 heteroatoms. The van der Waals surface area contributed by atoms with Crippen molar-refractivity contribution in [3.63, 3.8) is 0 Å². The Morgan fingerprint density at radius 1 is 1.09 bits per heavy atom. The third-order valence-electron chi connectivity index (χ3n) is 1.78. The first-order chi connectivity index (χ1) is 5.24. The van der Waals surface area contributed by atoms with Crippen molar-refractivity contribution in [1.29, 1.82) is 0 Å². The quantitative estimate of drug-likeness (QED) is 0.491. The van der Waals surface area contributed by atoms with Gasteiger partial charge < -0.3 is 0 Å². The van der Waals surface area contributed by atoms with Gasteiger partial charge in [0.1, 0.15) is 0 Å². The lowest BCUT2D eigenvalue weighted by molar-refractivity contribution is 1.33. The first-order valence-electron chi connectivity index (χ1n) is 3.74. The van der Waals surface area contributed by atoms with Gasteiger partial charge in [0.2, 0.25) is 0 Å². The van der Waals surface area contributed by atoms with Crippen LogP contribution in [0.2, 0.25) is 0 Å². The highest BCUT2D eigenvalue weighted by atomic mass is 14.0. The SMILES string of the molecule is CC#Cc1ccc(C)c(C)c1. The van der Waals surface area contributed by atoms with Crippen LogP contribution in [0.15, 0.2) is 18.2 Å². The van der Waals surface area contributed by atoms with Crippen LogP contribution in [0.3, 0.4) is 0 Å². The predicted octanol–water partition coefficient (Wildman–Crippen LogP) is 2.67. The van der Waals surface area contributed by atoms with E-state index in [2.05, 4.69) is 43.9 Å². The summed E-state index contributed by atoms with van der Waals surface area (Å²) in [5.41, 5.74) is 3.74. The number of rotatable bonds is 0. The van der Waals surface area contributed by atoms with Gasteiger partial charge >= 0.3 is 0 Å². The van der Waals surface area contributed by atoms with E-state index in [-0.39, 0.29) is 0 Å². The van der Waals surface area contributed by atoms with Gasteiger partial charge in [-0.2, -0.15) is 0 Å². The molecule has 0 saturated carbocycles. The van der Waals surface area contributed by atoms with E-state index in [0.717, 1.165) is 5.56 Å². The molecule has 1 aromatic rings. The van der Waals surface area contributed by atoms with Crippen molar-refractivity contribution < 1.29 is 0 Å². The summed E-state index contributed by atoms with van der Waals surface area (Å²) in [6.45, 7) is 6.07. The van der Waals surface area contributed by atoms with Crippen LogP contribution in [0.5, 0.6) is 0 Å². The molecule has 0 nitrogen and oxygen atoms in total. The summed E-state index contributed by atoms with van der Waals surface area (Å²) < 4.78 is 0. The van der Waals surface area contributed by atoms with Crippen LogP contribution in [0.4, 0.5) is 0 Å². The van der Waals surface area contributed by atoms with Gasteiger partial charge in [-0.25, -0.2) is 0 Å². The maximum absolute atomic E-state index is 3.03. The average molecular weight is 144 g/mol.